The van der Waals surface area contributed by atoms with E-state index in [0.717, 1.165) is 17.9 Å². The highest BCUT2D eigenvalue weighted by atomic mass is 32.2. The Kier molecular flexibility index (Phi) is 15.0. The van der Waals surface area contributed by atoms with Gasteiger partial charge in [0, 0.05) is 30.3 Å². The summed E-state index contributed by atoms with van der Waals surface area (Å²) < 4.78 is 5.72. The van der Waals surface area contributed by atoms with Crippen molar-refractivity contribution in [3.63, 3.8) is 0 Å². The fraction of sp³-hybridized carbons (Fsp3) is 0.250. The Balaban J connectivity index is 0.000000172. The van der Waals surface area contributed by atoms with Crippen molar-refractivity contribution in [3.05, 3.63) is 150 Å². The van der Waals surface area contributed by atoms with Gasteiger partial charge in [0.05, 0.1) is 0 Å². The van der Waals surface area contributed by atoms with Gasteiger partial charge in [0.25, 0.3) is 0 Å². The molecule has 43 heavy (non-hydrogen) atoms. The first kappa shape index (κ1) is 33.6. The van der Waals surface area contributed by atoms with Gasteiger partial charge < -0.3 is 9.64 Å². The summed E-state index contributed by atoms with van der Waals surface area (Å²) in [6.45, 7) is 12.9. The minimum atomic E-state index is 0.880. The van der Waals surface area contributed by atoms with Crippen LogP contribution in [0.25, 0.3) is 11.1 Å². The van der Waals surface area contributed by atoms with Crippen LogP contribution in [0.4, 0.5) is 5.69 Å². The summed E-state index contributed by atoms with van der Waals surface area (Å²) in [6.07, 6.45) is 1.03. The van der Waals surface area contributed by atoms with Gasteiger partial charge in [-0.2, -0.15) is 11.8 Å². The van der Waals surface area contributed by atoms with Crippen molar-refractivity contribution in [2.75, 3.05) is 29.5 Å². The van der Waals surface area contributed by atoms with E-state index in [0.29, 0.717) is 0 Å². The summed E-state index contributed by atoms with van der Waals surface area (Å²) in [5.41, 5.74) is 7.99. The summed E-state index contributed by atoms with van der Waals surface area (Å²) in [4.78, 5) is 2.49. The standard InChI is InChI=1S/C14H14O.C13H12.C11H15NS.C2H6/c1-2-12-7-6-10-14(11-12)15-13-8-4-3-5-9-13;1-11-6-5-9-13(10-11)12-7-3-2-4-8-12;1-10-4-2-3-5-11(10)12-6-8-13-9-7-12;1-2/h3-11H,2H2,1H3;2-10H,1H3;2-5H,6-9H2,1H3;1-2H3. The molecule has 0 atom stereocenters. The Bertz CT molecular complexity index is 1450. The maximum Gasteiger partial charge on any atom is 0.127 e. The van der Waals surface area contributed by atoms with Crippen LogP contribution in [0.3, 0.4) is 0 Å². The van der Waals surface area contributed by atoms with E-state index in [1.807, 2.05) is 62.4 Å². The molecule has 0 unspecified atom stereocenters. The minimum Gasteiger partial charge on any atom is -0.457 e. The van der Waals surface area contributed by atoms with Crippen LogP contribution in [-0.2, 0) is 6.42 Å². The maximum atomic E-state index is 5.72. The van der Waals surface area contributed by atoms with E-state index in [1.165, 1.54) is 58.1 Å². The molecule has 0 aromatic heterocycles. The van der Waals surface area contributed by atoms with Crippen molar-refractivity contribution in [3.8, 4) is 22.6 Å². The first-order chi connectivity index (χ1) is 21.1. The first-order valence-corrected chi connectivity index (χ1v) is 16.6. The number of ether oxygens (including phenoxy) is 1. The van der Waals surface area contributed by atoms with Crippen molar-refractivity contribution in [2.24, 2.45) is 0 Å². The number of hydrogen-bond donors (Lipinski definition) is 0. The van der Waals surface area contributed by atoms with Crippen LogP contribution in [0, 0.1) is 13.8 Å². The summed E-state index contributed by atoms with van der Waals surface area (Å²) in [6, 6.07) is 45.7. The molecule has 2 nitrogen and oxygen atoms in total. The maximum absolute atomic E-state index is 5.72. The monoisotopic (exact) mass is 589 g/mol. The lowest BCUT2D eigenvalue weighted by Crippen LogP contribution is -2.32. The summed E-state index contributed by atoms with van der Waals surface area (Å²) in [7, 11) is 0. The predicted octanol–water partition coefficient (Wildman–Crippen LogP) is 11.3. The predicted molar refractivity (Wildman–Crippen MR) is 191 cm³/mol. The van der Waals surface area contributed by atoms with Gasteiger partial charge in [0.2, 0.25) is 0 Å². The number of benzene rings is 5. The number of nitrogens with zero attached hydrogens (tertiary/aromatic N) is 1. The Hall–Kier alpha value is -3.95. The van der Waals surface area contributed by atoms with Crippen LogP contribution in [0.1, 0.15) is 37.5 Å². The molecule has 1 fully saturated rings. The fourth-order valence-corrected chi connectivity index (χ4v) is 5.53. The van der Waals surface area contributed by atoms with Gasteiger partial charge in [-0.1, -0.05) is 129 Å². The summed E-state index contributed by atoms with van der Waals surface area (Å²) in [5.74, 6) is 4.33. The lowest BCUT2D eigenvalue weighted by molar-refractivity contribution is 0.482. The second kappa shape index (κ2) is 19.3. The van der Waals surface area contributed by atoms with Gasteiger partial charge in [-0.15, -0.1) is 0 Å². The van der Waals surface area contributed by atoms with Gasteiger partial charge in [0.15, 0.2) is 0 Å². The number of hydrogen-bond acceptors (Lipinski definition) is 3. The third-order valence-electron chi connectivity index (χ3n) is 6.88. The molecule has 0 aliphatic carbocycles. The summed E-state index contributed by atoms with van der Waals surface area (Å²) in [5, 5.41) is 0. The molecule has 6 rings (SSSR count). The van der Waals surface area contributed by atoms with Gasteiger partial charge in [-0.3, -0.25) is 0 Å². The van der Waals surface area contributed by atoms with Crippen LogP contribution in [0.2, 0.25) is 0 Å². The van der Waals surface area contributed by atoms with E-state index < -0.39 is 0 Å². The molecule has 0 amide bonds. The molecule has 1 heterocycles. The SMILES string of the molecule is CC.CCc1cccc(Oc2ccccc2)c1.Cc1cccc(-c2ccccc2)c1.Cc1ccccc1N1CCSCC1. The smallest absolute Gasteiger partial charge is 0.127 e. The number of para-hydroxylation sites is 2. The second-order valence-corrected chi connectivity index (χ2v) is 11.3. The molecule has 0 bridgehead atoms. The van der Waals surface area contributed by atoms with E-state index in [4.69, 9.17) is 4.74 Å². The second-order valence-electron chi connectivity index (χ2n) is 10.0. The van der Waals surface area contributed by atoms with Crippen molar-refractivity contribution in [2.45, 2.75) is 41.0 Å². The highest BCUT2D eigenvalue weighted by Crippen LogP contribution is 2.23. The number of anilines is 1. The zero-order valence-electron chi connectivity index (χ0n) is 26.5. The van der Waals surface area contributed by atoms with Crippen LogP contribution in [0.15, 0.2) is 133 Å². The molecule has 1 aliphatic heterocycles. The molecular weight excluding hydrogens is 543 g/mol. The van der Waals surface area contributed by atoms with E-state index in [9.17, 15) is 0 Å². The van der Waals surface area contributed by atoms with E-state index in [2.05, 4.69) is 122 Å². The normalized spacial score (nSPS) is 11.9. The number of thioether (sulfide) groups is 1. The Labute approximate surface area is 264 Å². The van der Waals surface area contributed by atoms with E-state index in [1.54, 1.807) is 0 Å². The minimum absolute atomic E-state index is 0.880. The fourth-order valence-electron chi connectivity index (χ4n) is 4.63. The van der Waals surface area contributed by atoms with E-state index >= 15 is 0 Å². The van der Waals surface area contributed by atoms with Crippen molar-refractivity contribution in [1.29, 1.82) is 0 Å². The topological polar surface area (TPSA) is 12.5 Å². The average molecular weight is 590 g/mol. The highest BCUT2D eigenvalue weighted by Gasteiger charge is 2.11. The molecular formula is C40H47NOS. The molecule has 1 saturated heterocycles. The van der Waals surface area contributed by atoms with Crippen LogP contribution < -0.4 is 9.64 Å². The van der Waals surface area contributed by atoms with Crippen LogP contribution >= 0.6 is 11.8 Å². The Morgan fingerprint density at radius 2 is 1.19 bits per heavy atom. The number of aryl methyl sites for hydroxylation is 3. The van der Waals surface area contributed by atoms with Gasteiger partial charge in [-0.05, 0) is 72.9 Å². The lowest BCUT2D eigenvalue weighted by Gasteiger charge is -2.29. The third-order valence-corrected chi connectivity index (χ3v) is 7.82. The van der Waals surface area contributed by atoms with Crippen molar-refractivity contribution < 1.29 is 4.74 Å². The molecule has 5 aromatic carbocycles. The number of rotatable bonds is 5. The molecule has 0 N–H and O–H groups in total. The lowest BCUT2D eigenvalue weighted by atomic mass is 10.0. The quantitative estimate of drug-likeness (QED) is 0.202. The molecule has 5 aromatic rings. The zero-order chi connectivity index (χ0) is 30.7. The van der Waals surface area contributed by atoms with Crippen molar-refractivity contribution >= 4 is 17.4 Å². The third kappa shape index (κ3) is 11.7. The Morgan fingerprint density at radius 3 is 1.84 bits per heavy atom. The van der Waals surface area contributed by atoms with E-state index in [-0.39, 0.29) is 0 Å². The molecule has 1 aliphatic rings. The van der Waals surface area contributed by atoms with Crippen LogP contribution in [0.5, 0.6) is 11.5 Å². The van der Waals surface area contributed by atoms with Crippen LogP contribution in [-0.4, -0.2) is 24.6 Å². The van der Waals surface area contributed by atoms with Gasteiger partial charge in [0.1, 0.15) is 11.5 Å². The first-order valence-electron chi connectivity index (χ1n) is 15.4. The molecule has 0 saturated carbocycles. The molecule has 0 spiro atoms. The summed E-state index contributed by atoms with van der Waals surface area (Å²) >= 11 is 2.06. The average Bonchev–Trinajstić information content (AvgIpc) is 3.08. The largest absolute Gasteiger partial charge is 0.457 e. The zero-order valence-corrected chi connectivity index (χ0v) is 27.3. The highest BCUT2D eigenvalue weighted by molar-refractivity contribution is 7.99. The van der Waals surface area contributed by atoms with Gasteiger partial charge in [-0.25, -0.2) is 0 Å². The van der Waals surface area contributed by atoms with Crippen molar-refractivity contribution in [1.82, 2.24) is 0 Å². The molecule has 224 valence electrons. The van der Waals surface area contributed by atoms with Gasteiger partial charge >= 0.3 is 0 Å². The molecule has 0 radical (unpaired) electrons. The Morgan fingerprint density at radius 1 is 0.605 bits per heavy atom. The molecule has 3 heteroatoms.